The lowest BCUT2D eigenvalue weighted by molar-refractivity contribution is 0.522. The van der Waals surface area contributed by atoms with Gasteiger partial charge in [0.25, 0.3) is 0 Å². The highest BCUT2D eigenvalue weighted by Crippen LogP contribution is 2.20. The van der Waals surface area contributed by atoms with E-state index in [9.17, 15) is 0 Å². The molecule has 30 heavy (non-hydrogen) atoms. The molecule has 0 radical (unpaired) electrons. The summed E-state index contributed by atoms with van der Waals surface area (Å²) < 4.78 is 2.06. The van der Waals surface area contributed by atoms with Gasteiger partial charge in [0.15, 0.2) is 0 Å². The largest absolute Gasteiger partial charge is 0.338 e. The van der Waals surface area contributed by atoms with Gasteiger partial charge >= 0.3 is 0 Å². The maximum Gasteiger partial charge on any atom is 0.113 e. The van der Waals surface area contributed by atoms with Gasteiger partial charge in [0, 0.05) is 54.6 Å². The molecule has 0 aliphatic rings. The Balaban J connectivity index is 0.000000225. The lowest BCUT2D eigenvalue weighted by Crippen LogP contribution is -2.16. The van der Waals surface area contributed by atoms with Crippen LogP contribution in [0.2, 0.25) is 0 Å². The molecule has 3 aromatic heterocycles. The molecule has 0 saturated heterocycles. The van der Waals surface area contributed by atoms with Crippen molar-refractivity contribution in [1.29, 1.82) is 0 Å². The Morgan fingerprint density at radius 2 is 1.33 bits per heavy atom. The third-order valence-electron chi connectivity index (χ3n) is 4.45. The molecular formula is C26H40N4. The van der Waals surface area contributed by atoms with E-state index in [1.807, 2.05) is 50.0 Å². The number of imidazole rings is 1. The van der Waals surface area contributed by atoms with Gasteiger partial charge in [0.2, 0.25) is 0 Å². The van der Waals surface area contributed by atoms with Crippen molar-refractivity contribution in [3.63, 3.8) is 0 Å². The molecule has 0 N–H and O–H groups in total. The number of nitrogens with zero attached hydrogens (tertiary/aromatic N) is 4. The van der Waals surface area contributed by atoms with Gasteiger partial charge in [-0.3, -0.25) is 9.97 Å². The lowest BCUT2D eigenvalue weighted by atomic mass is 9.88. The van der Waals surface area contributed by atoms with Crippen LogP contribution < -0.4 is 0 Å². The molecule has 0 bridgehead atoms. The first-order chi connectivity index (χ1) is 13.7. The first kappa shape index (κ1) is 25.5. The molecule has 0 aliphatic carbocycles. The van der Waals surface area contributed by atoms with Crippen molar-refractivity contribution >= 4 is 0 Å². The summed E-state index contributed by atoms with van der Waals surface area (Å²) in [6.07, 6.45) is 9.36. The van der Waals surface area contributed by atoms with Gasteiger partial charge in [0.05, 0.1) is 0 Å². The molecule has 3 heterocycles. The van der Waals surface area contributed by atoms with Crippen molar-refractivity contribution in [1.82, 2.24) is 19.5 Å². The molecule has 0 fully saturated rings. The molecule has 0 aromatic carbocycles. The Bertz CT molecular complexity index is 796. The van der Waals surface area contributed by atoms with E-state index < -0.39 is 0 Å². The van der Waals surface area contributed by atoms with Crippen molar-refractivity contribution in [2.24, 2.45) is 7.05 Å². The number of pyridine rings is 2. The summed E-state index contributed by atoms with van der Waals surface area (Å²) in [7, 11) is 2.02. The minimum absolute atomic E-state index is 0.165. The molecule has 0 unspecified atom stereocenters. The Hall–Kier alpha value is -2.49. The van der Waals surface area contributed by atoms with Crippen molar-refractivity contribution < 1.29 is 0 Å². The molecule has 3 aromatic rings. The van der Waals surface area contributed by atoms with Gasteiger partial charge in [-0.25, -0.2) is 4.98 Å². The van der Waals surface area contributed by atoms with E-state index in [2.05, 4.69) is 94.0 Å². The molecule has 0 saturated carbocycles. The number of hydrogen-bond donors (Lipinski definition) is 0. The predicted octanol–water partition coefficient (Wildman–Crippen LogP) is 6.48. The van der Waals surface area contributed by atoms with Crippen LogP contribution in [0.1, 0.15) is 79.4 Å². The third-order valence-corrected chi connectivity index (χ3v) is 4.45. The van der Waals surface area contributed by atoms with Crippen LogP contribution >= 0.6 is 0 Å². The highest BCUT2D eigenvalue weighted by Gasteiger charge is 2.17. The second-order valence-corrected chi connectivity index (χ2v) is 10.6. The van der Waals surface area contributed by atoms with Crippen LogP contribution in [0.5, 0.6) is 0 Å². The second-order valence-electron chi connectivity index (χ2n) is 10.6. The lowest BCUT2D eigenvalue weighted by Gasteiger charge is -2.17. The standard InChI is InChI=1S/2C9H13N.C8H14N2/c1-9(2,3)8-5-4-6-10-7-8;1-9(2,3)8-6-4-5-7-10-8;1-8(2,3)7-9-5-6-10(7)4/h2*4-7H,1-3H3;5-6H,1-4H3. The average Bonchev–Trinajstić information content (AvgIpc) is 3.09. The minimum Gasteiger partial charge on any atom is -0.338 e. The van der Waals surface area contributed by atoms with E-state index in [1.54, 1.807) is 6.20 Å². The summed E-state index contributed by atoms with van der Waals surface area (Å²) in [5, 5.41) is 0. The van der Waals surface area contributed by atoms with Gasteiger partial charge in [-0.1, -0.05) is 74.4 Å². The Morgan fingerprint density at radius 1 is 0.667 bits per heavy atom. The van der Waals surface area contributed by atoms with Crippen molar-refractivity contribution in [3.8, 4) is 0 Å². The van der Waals surface area contributed by atoms with Gasteiger partial charge < -0.3 is 4.57 Å². The Morgan fingerprint density at radius 3 is 1.60 bits per heavy atom. The topological polar surface area (TPSA) is 43.6 Å². The Kier molecular flexibility index (Phi) is 8.95. The summed E-state index contributed by atoms with van der Waals surface area (Å²) >= 11 is 0. The summed E-state index contributed by atoms with van der Waals surface area (Å²) in [4.78, 5) is 12.6. The van der Waals surface area contributed by atoms with Crippen molar-refractivity contribution in [3.05, 3.63) is 78.4 Å². The van der Waals surface area contributed by atoms with E-state index in [0.29, 0.717) is 0 Å². The zero-order valence-electron chi connectivity index (χ0n) is 20.6. The molecule has 0 spiro atoms. The third kappa shape index (κ3) is 8.89. The fraction of sp³-hybridized carbons (Fsp3) is 0.500. The molecule has 0 amide bonds. The zero-order chi connectivity index (χ0) is 23.0. The van der Waals surface area contributed by atoms with E-state index in [-0.39, 0.29) is 16.2 Å². The van der Waals surface area contributed by atoms with E-state index >= 15 is 0 Å². The normalized spacial score (nSPS) is 11.7. The van der Waals surface area contributed by atoms with Gasteiger partial charge in [0.1, 0.15) is 5.82 Å². The maximum absolute atomic E-state index is 4.25. The number of aryl methyl sites for hydroxylation is 1. The van der Waals surface area contributed by atoms with E-state index in [1.165, 1.54) is 5.56 Å². The quantitative estimate of drug-likeness (QED) is 0.428. The highest BCUT2D eigenvalue weighted by molar-refractivity contribution is 5.17. The summed E-state index contributed by atoms with van der Waals surface area (Å²) in [6.45, 7) is 19.5. The van der Waals surface area contributed by atoms with E-state index in [0.717, 1.165) is 11.5 Å². The molecule has 164 valence electrons. The number of aromatic nitrogens is 4. The number of rotatable bonds is 0. The minimum atomic E-state index is 0.165. The fourth-order valence-electron chi connectivity index (χ4n) is 2.70. The van der Waals surface area contributed by atoms with Crippen LogP contribution in [0.3, 0.4) is 0 Å². The second kappa shape index (κ2) is 10.5. The molecule has 4 nitrogen and oxygen atoms in total. The van der Waals surface area contributed by atoms with Crippen LogP contribution in [-0.4, -0.2) is 19.5 Å². The molecule has 4 heteroatoms. The SMILES string of the molecule is CC(C)(C)c1ccccn1.CC(C)(C)c1cccnc1.Cn1ccnc1C(C)(C)C. The average molecular weight is 409 g/mol. The predicted molar refractivity (Wildman–Crippen MR) is 128 cm³/mol. The first-order valence-electron chi connectivity index (χ1n) is 10.5. The van der Waals surface area contributed by atoms with Crippen LogP contribution in [0.4, 0.5) is 0 Å². The van der Waals surface area contributed by atoms with Crippen LogP contribution in [0, 0.1) is 0 Å². The maximum atomic E-state index is 4.25. The highest BCUT2D eigenvalue weighted by atomic mass is 15.0. The van der Waals surface area contributed by atoms with Crippen LogP contribution in [0.15, 0.2) is 61.3 Å². The summed E-state index contributed by atoms with van der Waals surface area (Å²) in [5.41, 5.74) is 3.01. The molecular weight excluding hydrogens is 368 g/mol. The van der Waals surface area contributed by atoms with Crippen molar-refractivity contribution in [2.45, 2.75) is 78.6 Å². The molecule has 3 rings (SSSR count). The summed E-state index contributed by atoms with van der Waals surface area (Å²) in [5.74, 6) is 1.13. The number of hydrogen-bond acceptors (Lipinski definition) is 3. The van der Waals surface area contributed by atoms with Crippen LogP contribution in [-0.2, 0) is 23.3 Å². The molecule has 0 atom stereocenters. The fourth-order valence-corrected chi connectivity index (χ4v) is 2.70. The summed E-state index contributed by atoms with van der Waals surface area (Å²) in [6, 6.07) is 10.1. The van der Waals surface area contributed by atoms with Gasteiger partial charge in [-0.05, 0) is 29.2 Å². The van der Waals surface area contributed by atoms with Gasteiger partial charge in [-0.2, -0.15) is 0 Å². The van der Waals surface area contributed by atoms with Gasteiger partial charge in [-0.15, -0.1) is 0 Å². The smallest absolute Gasteiger partial charge is 0.113 e. The monoisotopic (exact) mass is 408 g/mol. The zero-order valence-corrected chi connectivity index (χ0v) is 20.6. The van der Waals surface area contributed by atoms with Crippen LogP contribution in [0.25, 0.3) is 0 Å². The van der Waals surface area contributed by atoms with Crippen molar-refractivity contribution in [2.75, 3.05) is 0 Å². The first-order valence-corrected chi connectivity index (χ1v) is 10.5. The molecule has 0 aliphatic heterocycles. The Labute approximate surface area is 183 Å². The van der Waals surface area contributed by atoms with E-state index in [4.69, 9.17) is 0 Å².